The fraction of sp³-hybridized carbons (Fsp3) is 0.556. The molecule has 0 radical (unpaired) electrons. The fourth-order valence-corrected chi connectivity index (χ4v) is 0.577. The molecule has 0 aromatic carbocycles. The van der Waals surface area contributed by atoms with Crippen molar-refractivity contribution in [1.29, 1.82) is 0 Å². The van der Waals surface area contributed by atoms with E-state index in [9.17, 15) is 0 Å². The fourth-order valence-electron chi connectivity index (χ4n) is 0.577. The Labute approximate surface area is 68.5 Å². The SMILES string of the molecule is COCC(=CC=C(C)C)OC. The van der Waals surface area contributed by atoms with Crippen molar-refractivity contribution in [1.82, 2.24) is 0 Å². The largest absolute Gasteiger partial charge is 0.499 e. The molecule has 0 heterocycles. The smallest absolute Gasteiger partial charge is 0.121 e. The lowest BCUT2D eigenvalue weighted by atomic mass is 10.3. The van der Waals surface area contributed by atoms with E-state index >= 15 is 0 Å². The van der Waals surface area contributed by atoms with E-state index in [2.05, 4.69) is 0 Å². The Hall–Kier alpha value is -0.760. The summed E-state index contributed by atoms with van der Waals surface area (Å²) in [6, 6.07) is 0. The van der Waals surface area contributed by atoms with Gasteiger partial charge in [0.25, 0.3) is 0 Å². The van der Waals surface area contributed by atoms with E-state index in [1.165, 1.54) is 5.57 Å². The van der Waals surface area contributed by atoms with Crippen molar-refractivity contribution in [3.05, 3.63) is 23.5 Å². The molecule has 11 heavy (non-hydrogen) atoms. The van der Waals surface area contributed by atoms with E-state index in [0.717, 1.165) is 5.76 Å². The van der Waals surface area contributed by atoms with Gasteiger partial charge in [0.1, 0.15) is 12.4 Å². The number of allylic oxidation sites excluding steroid dienone is 3. The van der Waals surface area contributed by atoms with Crippen LogP contribution >= 0.6 is 0 Å². The van der Waals surface area contributed by atoms with Crippen LogP contribution in [0.4, 0.5) is 0 Å². The third kappa shape index (κ3) is 5.67. The molecule has 0 fully saturated rings. The highest BCUT2D eigenvalue weighted by Crippen LogP contribution is 1.98. The quantitative estimate of drug-likeness (QED) is 0.458. The van der Waals surface area contributed by atoms with Crippen molar-refractivity contribution in [3.8, 4) is 0 Å². The molecular formula is C9H16O2. The molecule has 0 rings (SSSR count). The highest BCUT2D eigenvalue weighted by Gasteiger charge is 1.90. The summed E-state index contributed by atoms with van der Waals surface area (Å²) in [5.74, 6) is 0.841. The molecule has 0 aliphatic carbocycles. The molecule has 0 aromatic rings. The van der Waals surface area contributed by atoms with Gasteiger partial charge in [-0.15, -0.1) is 0 Å². The normalized spacial score (nSPS) is 11.1. The summed E-state index contributed by atoms with van der Waals surface area (Å²) >= 11 is 0. The molecule has 64 valence electrons. The summed E-state index contributed by atoms with van der Waals surface area (Å²) in [6.07, 6.45) is 3.91. The number of methoxy groups -OCH3 is 2. The molecule has 0 N–H and O–H groups in total. The number of hydrogen-bond donors (Lipinski definition) is 0. The van der Waals surface area contributed by atoms with Crippen LogP contribution in [0.25, 0.3) is 0 Å². The molecule has 2 nitrogen and oxygen atoms in total. The van der Waals surface area contributed by atoms with Crippen molar-refractivity contribution < 1.29 is 9.47 Å². The first-order chi connectivity index (χ1) is 5.20. The summed E-state index contributed by atoms with van der Waals surface area (Å²) in [7, 11) is 3.29. The van der Waals surface area contributed by atoms with Crippen LogP contribution in [0.1, 0.15) is 13.8 Å². The van der Waals surface area contributed by atoms with E-state index < -0.39 is 0 Å². The van der Waals surface area contributed by atoms with Gasteiger partial charge in [-0.25, -0.2) is 0 Å². The Morgan fingerprint density at radius 2 is 1.82 bits per heavy atom. The molecule has 0 aliphatic heterocycles. The zero-order chi connectivity index (χ0) is 8.69. The molecule has 0 saturated carbocycles. The van der Waals surface area contributed by atoms with Gasteiger partial charge in [-0.2, -0.15) is 0 Å². The minimum Gasteiger partial charge on any atom is -0.499 e. The van der Waals surface area contributed by atoms with E-state index in [4.69, 9.17) is 9.47 Å². The Kier molecular flexibility index (Phi) is 5.57. The zero-order valence-corrected chi connectivity index (χ0v) is 7.68. The molecule has 2 heteroatoms. The van der Waals surface area contributed by atoms with E-state index in [1.807, 2.05) is 26.0 Å². The maximum atomic E-state index is 5.03. The lowest BCUT2D eigenvalue weighted by Crippen LogP contribution is -1.95. The Morgan fingerprint density at radius 1 is 1.18 bits per heavy atom. The van der Waals surface area contributed by atoms with Crippen LogP contribution in [-0.2, 0) is 9.47 Å². The summed E-state index contributed by atoms with van der Waals surface area (Å²) in [5.41, 5.74) is 1.25. The molecule has 0 unspecified atom stereocenters. The average molecular weight is 156 g/mol. The van der Waals surface area contributed by atoms with Crippen LogP contribution in [0.2, 0.25) is 0 Å². The van der Waals surface area contributed by atoms with Crippen LogP contribution in [0, 0.1) is 0 Å². The van der Waals surface area contributed by atoms with Crippen molar-refractivity contribution in [2.75, 3.05) is 20.8 Å². The Morgan fingerprint density at radius 3 is 2.18 bits per heavy atom. The molecule has 0 spiro atoms. The minimum absolute atomic E-state index is 0.528. The first-order valence-corrected chi connectivity index (χ1v) is 3.57. The van der Waals surface area contributed by atoms with Crippen LogP contribution in [0.5, 0.6) is 0 Å². The van der Waals surface area contributed by atoms with Crippen LogP contribution in [-0.4, -0.2) is 20.8 Å². The second-order valence-electron chi connectivity index (χ2n) is 2.51. The second kappa shape index (κ2) is 5.98. The van der Waals surface area contributed by atoms with Crippen molar-refractivity contribution in [2.45, 2.75) is 13.8 Å². The number of rotatable bonds is 4. The van der Waals surface area contributed by atoms with Crippen molar-refractivity contribution in [2.24, 2.45) is 0 Å². The van der Waals surface area contributed by atoms with Gasteiger partial charge in [0.05, 0.1) is 7.11 Å². The Bertz CT molecular complexity index is 153. The van der Waals surface area contributed by atoms with Gasteiger partial charge in [0.2, 0.25) is 0 Å². The maximum absolute atomic E-state index is 5.03. The molecule has 0 bridgehead atoms. The van der Waals surface area contributed by atoms with Gasteiger partial charge >= 0.3 is 0 Å². The van der Waals surface area contributed by atoms with Crippen LogP contribution in [0.15, 0.2) is 23.5 Å². The third-order valence-corrected chi connectivity index (χ3v) is 1.15. The van der Waals surface area contributed by atoms with Gasteiger partial charge in [-0.1, -0.05) is 11.6 Å². The second-order valence-corrected chi connectivity index (χ2v) is 2.51. The van der Waals surface area contributed by atoms with E-state index in [1.54, 1.807) is 14.2 Å². The van der Waals surface area contributed by atoms with Gasteiger partial charge in [-0.3, -0.25) is 0 Å². The summed E-state index contributed by atoms with van der Waals surface area (Å²) in [5, 5.41) is 0. The lowest BCUT2D eigenvalue weighted by Gasteiger charge is -2.02. The average Bonchev–Trinajstić information content (AvgIpc) is 1.97. The minimum atomic E-state index is 0.528. The van der Waals surface area contributed by atoms with Gasteiger partial charge in [-0.05, 0) is 19.9 Å². The standard InChI is InChI=1S/C9H16O2/c1-8(2)5-6-9(11-4)7-10-3/h5-6H,7H2,1-4H3. The van der Waals surface area contributed by atoms with Gasteiger partial charge < -0.3 is 9.47 Å². The van der Waals surface area contributed by atoms with Crippen LogP contribution < -0.4 is 0 Å². The lowest BCUT2D eigenvalue weighted by molar-refractivity contribution is 0.159. The van der Waals surface area contributed by atoms with Crippen molar-refractivity contribution in [3.63, 3.8) is 0 Å². The molecule has 0 aliphatic rings. The summed E-state index contributed by atoms with van der Waals surface area (Å²) < 4.78 is 9.94. The summed E-state index contributed by atoms with van der Waals surface area (Å²) in [4.78, 5) is 0. The first-order valence-electron chi connectivity index (χ1n) is 3.57. The van der Waals surface area contributed by atoms with Crippen LogP contribution in [0.3, 0.4) is 0 Å². The number of ether oxygens (including phenoxy) is 2. The monoisotopic (exact) mass is 156 g/mol. The topological polar surface area (TPSA) is 18.5 Å². The Balaban J connectivity index is 4.00. The van der Waals surface area contributed by atoms with Crippen molar-refractivity contribution >= 4 is 0 Å². The molecule has 0 saturated heterocycles. The highest BCUT2D eigenvalue weighted by atomic mass is 16.5. The molecular weight excluding hydrogens is 140 g/mol. The molecule has 0 atom stereocenters. The predicted molar refractivity (Wildman–Crippen MR) is 46.4 cm³/mol. The number of hydrogen-bond acceptors (Lipinski definition) is 2. The predicted octanol–water partition coefficient (Wildman–Crippen LogP) is 2.13. The third-order valence-electron chi connectivity index (χ3n) is 1.15. The van der Waals surface area contributed by atoms with E-state index in [-0.39, 0.29) is 0 Å². The highest BCUT2D eigenvalue weighted by molar-refractivity contribution is 5.12. The maximum Gasteiger partial charge on any atom is 0.121 e. The molecule has 0 aromatic heterocycles. The zero-order valence-electron chi connectivity index (χ0n) is 7.68. The first kappa shape index (κ1) is 10.2. The van der Waals surface area contributed by atoms with Gasteiger partial charge in [0.15, 0.2) is 0 Å². The van der Waals surface area contributed by atoms with Gasteiger partial charge in [0, 0.05) is 7.11 Å². The summed E-state index contributed by atoms with van der Waals surface area (Å²) in [6.45, 7) is 4.60. The molecule has 0 amide bonds. The van der Waals surface area contributed by atoms with E-state index in [0.29, 0.717) is 6.61 Å².